The minimum Gasteiger partial charge on any atom is -0.367 e. The molecular weight excluding hydrogens is 210 g/mol. The van der Waals surface area contributed by atoms with Crippen molar-refractivity contribution in [2.75, 3.05) is 5.32 Å². The molecule has 4 rings (SSSR count). The smallest absolute Gasteiger partial charge is 0.135 e. The molecule has 3 nitrogen and oxygen atoms in total. The van der Waals surface area contributed by atoms with Crippen LogP contribution in [0.3, 0.4) is 0 Å². The van der Waals surface area contributed by atoms with Crippen molar-refractivity contribution >= 4 is 16.6 Å². The van der Waals surface area contributed by atoms with Gasteiger partial charge in [0.1, 0.15) is 5.82 Å². The summed E-state index contributed by atoms with van der Waals surface area (Å²) in [5.74, 6) is 0.996. The van der Waals surface area contributed by atoms with Gasteiger partial charge in [0.15, 0.2) is 0 Å². The van der Waals surface area contributed by atoms with Gasteiger partial charge in [-0.2, -0.15) is 0 Å². The van der Waals surface area contributed by atoms with Crippen molar-refractivity contribution in [1.82, 2.24) is 9.97 Å². The zero-order chi connectivity index (χ0) is 11.3. The number of pyridine rings is 2. The lowest BCUT2D eigenvalue weighted by molar-refractivity contribution is 0.256. The van der Waals surface area contributed by atoms with Crippen LogP contribution in [0.1, 0.15) is 25.7 Å². The van der Waals surface area contributed by atoms with Gasteiger partial charge in [0.2, 0.25) is 0 Å². The predicted molar refractivity (Wildman–Crippen MR) is 67.8 cm³/mol. The van der Waals surface area contributed by atoms with Crippen molar-refractivity contribution in [3.63, 3.8) is 0 Å². The molecule has 86 valence electrons. The molecule has 0 amide bonds. The molecule has 3 heteroatoms. The summed E-state index contributed by atoms with van der Waals surface area (Å²) in [7, 11) is 0. The van der Waals surface area contributed by atoms with E-state index >= 15 is 0 Å². The van der Waals surface area contributed by atoms with Crippen LogP contribution in [0.25, 0.3) is 10.8 Å². The van der Waals surface area contributed by atoms with E-state index in [0.717, 1.165) is 16.6 Å². The molecule has 0 aromatic carbocycles. The second kappa shape index (κ2) is 3.19. The lowest BCUT2D eigenvalue weighted by Crippen LogP contribution is -2.36. The number of nitrogens with one attached hydrogen (secondary N) is 1. The highest BCUT2D eigenvalue weighted by Crippen LogP contribution is 2.61. The summed E-state index contributed by atoms with van der Waals surface area (Å²) < 4.78 is 0. The Labute approximate surface area is 100 Å². The van der Waals surface area contributed by atoms with Gasteiger partial charge < -0.3 is 5.32 Å². The quantitative estimate of drug-likeness (QED) is 0.853. The molecule has 0 bridgehead atoms. The highest BCUT2D eigenvalue weighted by molar-refractivity contribution is 5.90. The highest BCUT2D eigenvalue weighted by atomic mass is 15.0. The lowest BCUT2D eigenvalue weighted by Gasteiger charge is -2.36. The average molecular weight is 225 g/mol. The maximum atomic E-state index is 4.45. The number of fused-ring (bicyclic) bond motifs is 1. The first-order chi connectivity index (χ1) is 8.35. The number of aromatic nitrogens is 2. The van der Waals surface area contributed by atoms with E-state index in [1.807, 2.05) is 30.7 Å². The maximum Gasteiger partial charge on any atom is 0.135 e. The second-order valence-corrected chi connectivity index (χ2v) is 5.51. The molecule has 2 saturated carbocycles. The fourth-order valence-electron chi connectivity index (χ4n) is 2.99. The summed E-state index contributed by atoms with van der Waals surface area (Å²) in [5.41, 5.74) is 0.737. The van der Waals surface area contributed by atoms with Gasteiger partial charge in [-0.05, 0) is 48.6 Å². The average Bonchev–Trinajstić information content (AvgIpc) is 3.09. The fourth-order valence-corrected chi connectivity index (χ4v) is 2.99. The van der Waals surface area contributed by atoms with Crippen LogP contribution in [0.2, 0.25) is 0 Å². The number of hydrogen-bond donors (Lipinski definition) is 1. The Morgan fingerprint density at radius 1 is 1.18 bits per heavy atom. The second-order valence-electron chi connectivity index (χ2n) is 5.51. The zero-order valence-corrected chi connectivity index (χ0v) is 9.69. The van der Waals surface area contributed by atoms with Crippen LogP contribution in [0.5, 0.6) is 0 Å². The molecule has 2 fully saturated rings. The molecule has 2 heterocycles. The first-order valence-corrected chi connectivity index (χ1v) is 6.30. The van der Waals surface area contributed by atoms with Crippen LogP contribution in [-0.2, 0) is 0 Å². The Balaban J connectivity index is 1.62. The van der Waals surface area contributed by atoms with Crippen molar-refractivity contribution < 1.29 is 0 Å². The van der Waals surface area contributed by atoms with Gasteiger partial charge in [-0.1, -0.05) is 0 Å². The number of nitrogens with zero attached hydrogens (tertiary/aromatic N) is 2. The molecule has 1 spiro atoms. The van der Waals surface area contributed by atoms with Crippen LogP contribution >= 0.6 is 0 Å². The van der Waals surface area contributed by atoms with Gasteiger partial charge in [-0.15, -0.1) is 0 Å². The van der Waals surface area contributed by atoms with Crippen molar-refractivity contribution in [3.8, 4) is 0 Å². The fraction of sp³-hybridized carbons (Fsp3) is 0.429. The standard InChI is InChI=1S/C14H15N3/c1-5-15-9-12-10(1)2-6-16-13(12)17-11-7-14(8-11)3-4-14/h1-2,5-6,9,11H,3-4,7-8H2,(H,16,17). The molecule has 2 aromatic heterocycles. The minimum atomic E-state index is 0.621. The first-order valence-electron chi connectivity index (χ1n) is 6.30. The van der Waals surface area contributed by atoms with Gasteiger partial charge >= 0.3 is 0 Å². The van der Waals surface area contributed by atoms with E-state index in [9.17, 15) is 0 Å². The van der Waals surface area contributed by atoms with Gasteiger partial charge in [-0.25, -0.2) is 4.98 Å². The summed E-state index contributed by atoms with van der Waals surface area (Å²) in [5, 5.41) is 5.90. The topological polar surface area (TPSA) is 37.8 Å². The highest BCUT2D eigenvalue weighted by Gasteiger charge is 2.52. The summed E-state index contributed by atoms with van der Waals surface area (Å²) in [4.78, 5) is 8.63. The van der Waals surface area contributed by atoms with Gasteiger partial charge in [0.05, 0.1) is 0 Å². The first kappa shape index (κ1) is 9.40. The monoisotopic (exact) mass is 225 g/mol. The Bertz CT molecular complexity index is 561. The van der Waals surface area contributed by atoms with Crippen LogP contribution in [-0.4, -0.2) is 16.0 Å². The number of hydrogen-bond acceptors (Lipinski definition) is 3. The molecule has 1 N–H and O–H groups in total. The number of rotatable bonds is 2. The molecule has 0 saturated heterocycles. The third-order valence-electron chi connectivity index (χ3n) is 4.22. The largest absolute Gasteiger partial charge is 0.367 e. The minimum absolute atomic E-state index is 0.621. The summed E-state index contributed by atoms with van der Waals surface area (Å²) in [6, 6.07) is 4.69. The third kappa shape index (κ3) is 1.49. The molecule has 2 aliphatic carbocycles. The molecule has 0 radical (unpaired) electrons. The van der Waals surface area contributed by atoms with Gasteiger partial charge in [0.25, 0.3) is 0 Å². The molecule has 0 atom stereocenters. The third-order valence-corrected chi connectivity index (χ3v) is 4.22. The Hall–Kier alpha value is -1.64. The molecule has 17 heavy (non-hydrogen) atoms. The normalized spacial score (nSPS) is 21.4. The lowest BCUT2D eigenvalue weighted by atomic mass is 9.77. The summed E-state index contributed by atoms with van der Waals surface area (Å²) in [6.45, 7) is 0. The molecule has 2 aromatic rings. The van der Waals surface area contributed by atoms with Crippen LogP contribution in [0, 0.1) is 5.41 Å². The van der Waals surface area contributed by atoms with E-state index in [1.165, 1.54) is 31.1 Å². The predicted octanol–water partition coefficient (Wildman–Crippen LogP) is 2.98. The molecule has 0 unspecified atom stereocenters. The van der Waals surface area contributed by atoms with Crippen molar-refractivity contribution in [2.24, 2.45) is 5.41 Å². The Kier molecular flexibility index (Phi) is 1.76. The van der Waals surface area contributed by atoms with Gasteiger partial charge in [0, 0.05) is 30.0 Å². The van der Waals surface area contributed by atoms with Crippen molar-refractivity contribution in [2.45, 2.75) is 31.7 Å². The van der Waals surface area contributed by atoms with E-state index in [1.54, 1.807) is 0 Å². The Morgan fingerprint density at radius 2 is 2.00 bits per heavy atom. The van der Waals surface area contributed by atoms with E-state index in [-0.39, 0.29) is 0 Å². The van der Waals surface area contributed by atoms with Crippen molar-refractivity contribution in [1.29, 1.82) is 0 Å². The maximum absolute atomic E-state index is 4.45. The van der Waals surface area contributed by atoms with E-state index in [0.29, 0.717) is 6.04 Å². The van der Waals surface area contributed by atoms with Gasteiger partial charge in [-0.3, -0.25) is 4.98 Å². The molecular formula is C14H15N3. The zero-order valence-electron chi connectivity index (χ0n) is 9.69. The van der Waals surface area contributed by atoms with Crippen LogP contribution in [0.15, 0.2) is 30.7 Å². The van der Waals surface area contributed by atoms with Crippen LogP contribution in [0.4, 0.5) is 5.82 Å². The molecule has 2 aliphatic rings. The van der Waals surface area contributed by atoms with E-state index < -0.39 is 0 Å². The van der Waals surface area contributed by atoms with Crippen LogP contribution < -0.4 is 5.32 Å². The van der Waals surface area contributed by atoms with E-state index in [4.69, 9.17) is 0 Å². The Morgan fingerprint density at radius 3 is 2.82 bits per heavy atom. The summed E-state index contributed by atoms with van der Waals surface area (Å²) >= 11 is 0. The number of anilines is 1. The van der Waals surface area contributed by atoms with E-state index in [2.05, 4.69) is 15.3 Å². The van der Waals surface area contributed by atoms with Crippen molar-refractivity contribution in [3.05, 3.63) is 30.7 Å². The SMILES string of the molecule is c1cc2ccnc(NC3CC4(CC4)C3)c2cn1. The molecule has 0 aliphatic heterocycles. The summed E-state index contributed by atoms with van der Waals surface area (Å²) in [6.07, 6.45) is 11.1.